The second-order valence-corrected chi connectivity index (χ2v) is 6.96. The molecule has 154 valence electrons. The van der Waals surface area contributed by atoms with Gasteiger partial charge in [-0.15, -0.1) is 0 Å². The first-order valence-corrected chi connectivity index (χ1v) is 9.14. The topological polar surface area (TPSA) is 104 Å². The Bertz CT molecular complexity index is 943. The van der Waals surface area contributed by atoms with E-state index < -0.39 is 18.0 Å². The number of aliphatic hydroxyl groups is 1. The Morgan fingerprint density at radius 1 is 1.03 bits per heavy atom. The molecule has 29 heavy (non-hydrogen) atoms. The van der Waals surface area contributed by atoms with Crippen molar-refractivity contribution < 1.29 is 38.7 Å². The third-order valence-electron chi connectivity index (χ3n) is 5.45. The van der Waals surface area contributed by atoms with Crippen LogP contribution in [-0.2, 0) is 17.6 Å². The molecule has 0 amide bonds. The van der Waals surface area contributed by atoms with Crippen LogP contribution >= 0.6 is 0 Å². The molecule has 2 N–H and O–H groups in total. The third-order valence-corrected chi connectivity index (χ3v) is 5.45. The zero-order valence-electron chi connectivity index (χ0n) is 16.4. The summed E-state index contributed by atoms with van der Waals surface area (Å²) >= 11 is 0. The predicted octanol–water partition coefficient (Wildman–Crippen LogP) is 2.27. The summed E-state index contributed by atoms with van der Waals surface area (Å²) in [6.07, 6.45) is -0.567. The molecule has 0 saturated heterocycles. The van der Waals surface area contributed by atoms with Gasteiger partial charge in [0.25, 0.3) is 0 Å². The molecule has 0 saturated carbocycles. The molecule has 2 aromatic rings. The summed E-state index contributed by atoms with van der Waals surface area (Å²) in [6, 6.07) is 5.40. The van der Waals surface area contributed by atoms with Gasteiger partial charge in [0.15, 0.2) is 23.0 Å². The Morgan fingerprint density at radius 3 is 2.31 bits per heavy atom. The standard InChI is InChI=1S/C21H22O8/c1-25-15-6-11(7-16(26-2)19(15)27-3)18-12-8-13(21(23)24)14(22)4-10(12)5-17-20(18)29-9-28-17/h5-7,13-14,22H,4,8-9H2,1-3H3,(H,23,24). The van der Waals surface area contributed by atoms with E-state index in [1.807, 2.05) is 6.07 Å². The SMILES string of the molecule is COc1cc(-c2c3c(cc4c2OCO4)CC(O)C(C(=O)O)C3)cc(OC)c1OC. The number of aliphatic hydroxyl groups excluding tert-OH is 1. The highest BCUT2D eigenvalue weighted by molar-refractivity contribution is 5.83. The molecule has 0 fully saturated rings. The minimum atomic E-state index is -1.03. The van der Waals surface area contributed by atoms with Crippen molar-refractivity contribution in [3.8, 4) is 39.9 Å². The largest absolute Gasteiger partial charge is 0.493 e. The number of rotatable bonds is 5. The molecule has 2 aliphatic rings. The summed E-state index contributed by atoms with van der Waals surface area (Å²) in [7, 11) is 4.59. The Kier molecular flexibility index (Phi) is 4.87. The number of aliphatic carboxylic acids is 1. The number of ether oxygens (including phenoxy) is 5. The lowest BCUT2D eigenvalue weighted by atomic mass is 9.78. The Hall–Kier alpha value is -3.13. The Balaban J connectivity index is 1.96. The van der Waals surface area contributed by atoms with Gasteiger partial charge in [0.2, 0.25) is 12.5 Å². The molecule has 2 unspecified atom stereocenters. The molecule has 8 heteroatoms. The van der Waals surface area contributed by atoms with Gasteiger partial charge in [-0.3, -0.25) is 4.79 Å². The first kappa shape index (κ1) is 19.2. The maximum Gasteiger partial charge on any atom is 0.309 e. The highest BCUT2D eigenvalue weighted by atomic mass is 16.7. The normalized spacial score (nSPS) is 19.4. The molecular formula is C21H22O8. The lowest BCUT2D eigenvalue weighted by Gasteiger charge is -2.29. The molecule has 0 radical (unpaired) electrons. The Labute approximate surface area is 167 Å². The van der Waals surface area contributed by atoms with Crippen molar-refractivity contribution in [1.29, 1.82) is 0 Å². The second kappa shape index (κ2) is 7.36. The molecule has 1 heterocycles. The van der Waals surface area contributed by atoms with Gasteiger partial charge in [-0.1, -0.05) is 0 Å². The number of carboxylic acids is 1. The van der Waals surface area contributed by atoms with E-state index in [9.17, 15) is 15.0 Å². The maximum atomic E-state index is 11.7. The van der Waals surface area contributed by atoms with E-state index in [2.05, 4.69) is 0 Å². The van der Waals surface area contributed by atoms with E-state index in [4.69, 9.17) is 23.7 Å². The zero-order valence-corrected chi connectivity index (χ0v) is 16.4. The van der Waals surface area contributed by atoms with Gasteiger partial charge in [-0.2, -0.15) is 0 Å². The quantitative estimate of drug-likeness (QED) is 0.785. The summed E-state index contributed by atoms with van der Waals surface area (Å²) in [5.74, 6) is 0.569. The van der Waals surface area contributed by atoms with Gasteiger partial charge in [-0.05, 0) is 47.7 Å². The summed E-state index contributed by atoms with van der Waals surface area (Å²) in [5, 5.41) is 19.9. The van der Waals surface area contributed by atoms with E-state index in [1.54, 1.807) is 12.1 Å². The lowest BCUT2D eigenvalue weighted by Crippen LogP contribution is -2.36. The fourth-order valence-corrected chi connectivity index (χ4v) is 4.06. The molecule has 0 spiro atoms. The number of hydrogen-bond donors (Lipinski definition) is 2. The van der Waals surface area contributed by atoms with Crippen molar-refractivity contribution >= 4 is 5.97 Å². The van der Waals surface area contributed by atoms with Crippen molar-refractivity contribution in [2.24, 2.45) is 5.92 Å². The minimum absolute atomic E-state index is 0.0700. The fourth-order valence-electron chi connectivity index (χ4n) is 4.06. The Morgan fingerprint density at radius 2 is 1.72 bits per heavy atom. The monoisotopic (exact) mass is 402 g/mol. The van der Waals surface area contributed by atoms with E-state index in [1.165, 1.54) is 21.3 Å². The smallest absolute Gasteiger partial charge is 0.309 e. The fraction of sp³-hybridized carbons (Fsp3) is 0.381. The second-order valence-electron chi connectivity index (χ2n) is 6.96. The van der Waals surface area contributed by atoms with E-state index in [0.717, 1.165) is 16.7 Å². The van der Waals surface area contributed by atoms with Crippen molar-refractivity contribution in [2.75, 3.05) is 28.1 Å². The van der Waals surface area contributed by atoms with Crippen LogP contribution in [0.15, 0.2) is 18.2 Å². The summed E-state index contributed by atoms with van der Waals surface area (Å²) in [5.41, 5.74) is 3.08. The molecule has 2 aromatic carbocycles. The highest BCUT2D eigenvalue weighted by Gasteiger charge is 2.37. The van der Waals surface area contributed by atoms with Crippen LogP contribution in [0.1, 0.15) is 11.1 Å². The first-order valence-electron chi connectivity index (χ1n) is 9.14. The average molecular weight is 402 g/mol. The van der Waals surface area contributed by atoms with Gasteiger partial charge in [0, 0.05) is 5.56 Å². The van der Waals surface area contributed by atoms with Crippen LogP contribution in [0.25, 0.3) is 11.1 Å². The number of carboxylic acid groups (broad SMARTS) is 1. The molecule has 8 nitrogen and oxygen atoms in total. The predicted molar refractivity (Wildman–Crippen MR) is 102 cm³/mol. The van der Waals surface area contributed by atoms with Crippen LogP contribution in [0, 0.1) is 5.92 Å². The van der Waals surface area contributed by atoms with Gasteiger partial charge in [0.1, 0.15) is 0 Å². The number of carbonyl (C=O) groups is 1. The van der Waals surface area contributed by atoms with Crippen molar-refractivity contribution in [3.05, 3.63) is 29.3 Å². The van der Waals surface area contributed by atoms with Crippen molar-refractivity contribution in [2.45, 2.75) is 18.9 Å². The van der Waals surface area contributed by atoms with Crippen molar-refractivity contribution in [1.82, 2.24) is 0 Å². The summed E-state index contributed by atoms with van der Waals surface area (Å²) < 4.78 is 27.7. The molecule has 0 bridgehead atoms. The number of hydrogen-bond acceptors (Lipinski definition) is 7. The molecule has 0 aromatic heterocycles. The van der Waals surface area contributed by atoms with Crippen LogP contribution in [0.3, 0.4) is 0 Å². The highest BCUT2D eigenvalue weighted by Crippen LogP contribution is 2.50. The lowest BCUT2D eigenvalue weighted by molar-refractivity contribution is -0.145. The zero-order chi connectivity index (χ0) is 20.7. The van der Waals surface area contributed by atoms with Crippen LogP contribution in [0.4, 0.5) is 0 Å². The van der Waals surface area contributed by atoms with E-state index >= 15 is 0 Å². The van der Waals surface area contributed by atoms with Gasteiger partial charge >= 0.3 is 5.97 Å². The molecular weight excluding hydrogens is 380 g/mol. The van der Waals surface area contributed by atoms with E-state index in [-0.39, 0.29) is 19.6 Å². The van der Waals surface area contributed by atoms with E-state index in [0.29, 0.717) is 34.3 Å². The first-order chi connectivity index (χ1) is 14.0. The number of fused-ring (bicyclic) bond motifs is 2. The van der Waals surface area contributed by atoms with Gasteiger partial charge in [0.05, 0.1) is 33.4 Å². The molecule has 2 atom stereocenters. The molecule has 4 rings (SSSR count). The maximum absolute atomic E-state index is 11.7. The van der Waals surface area contributed by atoms with Gasteiger partial charge in [-0.25, -0.2) is 0 Å². The number of methoxy groups -OCH3 is 3. The van der Waals surface area contributed by atoms with Crippen LogP contribution in [0.5, 0.6) is 28.7 Å². The van der Waals surface area contributed by atoms with Crippen LogP contribution < -0.4 is 23.7 Å². The summed E-state index contributed by atoms with van der Waals surface area (Å²) in [6.45, 7) is 0.0700. The number of benzene rings is 2. The van der Waals surface area contributed by atoms with Crippen LogP contribution in [0.2, 0.25) is 0 Å². The molecule has 1 aliphatic carbocycles. The molecule has 1 aliphatic heterocycles. The van der Waals surface area contributed by atoms with Crippen LogP contribution in [-0.4, -0.2) is 50.4 Å². The minimum Gasteiger partial charge on any atom is -0.493 e. The summed E-state index contributed by atoms with van der Waals surface area (Å²) in [4.78, 5) is 11.7. The van der Waals surface area contributed by atoms with Gasteiger partial charge < -0.3 is 33.9 Å². The van der Waals surface area contributed by atoms with Crippen molar-refractivity contribution in [3.63, 3.8) is 0 Å². The average Bonchev–Trinajstić information content (AvgIpc) is 3.18. The third kappa shape index (κ3) is 3.09.